The van der Waals surface area contributed by atoms with Crippen molar-refractivity contribution in [3.8, 4) is 11.5 Å². The molecule has 19 nitrogen and oxygen atoms in total. The number of nitrogens with one attached hydrogen (secondary N) is 1. The number of aryl methyl sites for hydroxylation is 3. The number of imidazole rings is 1. The molecule has 4 heterocycles. The quantitative estimate of drug-likeness (QED) is 0.0440. The number of anilines is 1. The number of methoxy groups -OCH3 is 1. The maximum Gasteiger partial charge on any atom is 0.335 e. The van der Waals surface area contributed by atoms with Crippen molar-refractivity contribution in [2.24, 2.45) is 21.5 Å². The van der Waals surface area contributed by atoms with Crippen molar-refractivity contribution in [1.82, 2.24) is 28.8 Å². The molecule has 0 bridgehead atoms. The average molecular weight is 902 g/mol. The van der Waals surface area contributed by atoms with Gasteiger partial charge in [-0.3, -0.25) is 29.0 Å². The van der Waals surface area contributed by atoms with Crippen molar-refractivity contribution < 1.29 is 38.5 Å². The SMILES string of the molecule is CCN=C(C=O)/C=C(/C)N.CCn1nc(C)cc1C(=O)N=c1sc2cc(C(=O)O)cc(OC)c2n1C/C=C/Cn1c(NC)nc2cc(C)cc(OCCCN3CCOCC3)c21.NC=O. The number of fused-ring (bicyclic) bond motifs is 2. The zero-order valence-corrected chi connectivity index (χ0v) is 38.3. The second kappa shape index (κ2) is 24.9. The zero-order chi connectivity index (χ0) is 46.8. The van der Waals surface area contributed by atoms with Crippen LogP contribution in [0.2, 0.25) is 0 Å². The first-order valence-electron chi connectivity index (χ1n) is 20.8. The van der Waals surface area contributed by atoms with E-state index in [2.05, 4.69) is 47.7 Å². The number of aromatic carboxylic acids is 1. The molecule has 5 aromatic rings. The fourth-order valence-electron chi connectivity index (χ4n) is 6.84. The molecule has 0 aliphatic carbocycles. The predicted molar refractivity (Wildman–Crippen MR) is 249 cm³/mol. The van der Waals surface area contributed by atoms with E-state index in [0.29, 0.717) is 82.9 Å². The topological polar surface area (TPSA) is 249 Å². The number of nitrogens with two attached hydrogens (primary N) is 2. The van der Waals surface area contributed by atoms with E-state index < -0.39 is 11.9 Å². The largest absolute Gasteiger partial charge is 0.494 e. The maximum absolute atomic E-state index is 13.5. The fourth-order valence-corrected chi connectivity index (χ4v) is 7.93. The van der Waals surface area contributed by atoms with E-state index in [-0.39, 0.29) is 12.0 Å². The highest BCUT2D eigenvalue weighted by molar-refractivity contribution is 7.16. The minimum Gasteiger partial charge on any atom is -0.494 e. The number of allylic oxidation sites excluding steroid dienone is 4. The lowest BCUT2D eigenvalue weighted by molar-refractivity contribution is -0.107. The molecule has 2 amide bonds. The van der Waals surface area contributed by atoms with Gasteiger partial charge in [-0.2, -0.15) is 10.1 Å². The van der Waals surface area contributed by atoms with E-state index >= 15 is 0 Å². The van der Waals surface area contributed by atoms with Crippen LogP contribution in [0.1, 0.15) is 59.3 Å². The van der Waals surface area contributed by atoms with Gasteiger partial charge in [0.15, 0.2) is 11.1 Å². The van der Waals surface area contributed by atoms with Crippen molar-refractivity contribution in [2.45, 2.75) is 60.7 Å². The number of aldehydes is 1. The highest BCUT2D eigenvalue weighted by Gasteiger charge is 2.19. The summed E-state index contributed by atoms with van der Waals surface area (Å²) in [6, 6.07) is 8.89. The summed E-state index contributed by atoms with van der Waals surface area (Å²) >= 11 is 1.23. The van der Waals surface area contributed by atoms with Crippen LogP contribution in [0.3, 0.4) is 0 Å². The van der Waals surface area contributed by atoms with Crippen molar-refractivity contribution in [2.75, 3.05) is 65.5 Å². The van der Waals surface area contributed by atoms with Gasteiger partial charge in [-0.05, 0) is 83.0 Å². The summed E-state index contributed by atoms with van der Waals surface area (Å²) in [5, 5.41) is 17.4. The first-order chi connectivity index (χ1) is 30.8. The van der Waals surface area contributed by atoms with Crippen LogP contribution in [0.15, 0.2) is 64.2 Å². The van der Waals surface area contributed by atoms with Crippen LogP contribution < -0.4 is 31.1 Å². The van der Waals surface area contributed by atoms with Gasteiger partial charge in [-0.1, -0.05) is 23.5 Å². The van der Waals surface area contributed by atoms with Crippen molar-refractivity contribution in [1.29, 1.82) is 0 Å². The number of thiazole rings is 1. The van der Waals surface area contributed by atoms with Gasteiger partial charge in [0.1, 0.15) is 28.2 Å². The van der Waals surface area contributed by atoms with E-state index in [1.165, 1.54) is 24.5 Å². The number of benzene rings is 2. The fraction of sp³-hybridized carbons (Fsp3) is 0.409. The third-order valence-electron chi connectivity index (χ3n) is 9.56. The van der Waals surface area contributed by atoms with E-state index in [1.807, 2.05) is 51.5 Å². The number of carboxylic acid groups (broad SMARTS) is 1. The number of hydrogen-bond acceptors (Lipinski definition) is 14. The first-order valence-corrected chi connectivity index (χ1v) is 21.6. The van der Waals surface area contributed by atoms with Gasteiger partial charge >= 0.3 is 5.97 Å². The average Bonchev–Trinajstić information content (AvgIpc) is 3.95. The third-order valence-corrected chi connectivity index (χ3v) is 10.6. The highest BCUT2D eigenvalue weighted by Crippen LogP contribution is 2.32. The van der Waals surface area contributed by atoms with Crippen LogP contribution >= 0.6 is 11.3 Å². The smallest absolute Gasteiger partial charge is 0.335 e. The number of aromatic nitrogens is 5. The summed E-state index contributed by atoms with van der Waals surface area (Å²) in [5.74, 6) is 0.361. The minimum absolute atomic E-state index is 0.0850. The zero-order valence-electron chi connectivity index (χ0n) is 37.5. The number of nitrogens with zero attached hydrogens (tertiary/aromatic N) is 8. The minimum atomic E-state index is -1.07. The number of carbonyl (C=O) groups is 4. The van der Waals surface area contributed by atoms with Gasteiger partial charge in [0.2, 0.25) is 12.4 Å². The summed E-state index contributed by atoms with van der Waals surface area (Å²) in [4.78, 5) is 60.2. The van der Waals surface area contributed by atoms with Crippen LogP contribution in [-0.4, -0.2) is 124 Å². The van der Waals surface area contributed by atoms with Gasteiger partial charge < -0.3 is 45.2 Å². The second-order valence-electron chi connectivity index (χ2n) is 14.3. The first kappa shape index (κ1) is 50.0. The van der Waals surface area contributed by atoms with Gasteiger partial charge in [0, 0.05) is 58.6 Å². The number of morpholine rings is 1. The molecule has 3 aromatic heterocycles. The molecule has 0 atom stereocenters. The normalized spacial score (nSPS) is 13.6. The molecule has 0 spiro atoms. The number of primary amides is 1. The van der Waals surface area contributed by atoms with E-state index in [4.69, 9.17) is 29.7 Å². The van der Waals surface area contributed by atoms with E-state index in [9.17, 15) is 19.5 Å². The highest BCUT2D eigenvalue weighted by atomic mass is 32.1. The Morgan fingerprint density at radius 2 is 1.73 bits per heavy atom. The van der Waals surface area contributed by atoms with Crippen LogP contribution in [-0.2, 0) is 34.0 Å². The Morgan fingerprint density at radius 1 is 1.03 bits per heavy atom. The number of rotatable bonds is 17. The van der Waals surface area contributed by atoms with Crippen molar-refractivity contribution >= 4 is 68.8 Å². The standard InChI is InChI=1S/C36H44N8O6S.C7H12N2O.CH3NO/c1-6-44-27(20-24(3)40-44)33(45)39-36-43(32-28(48-5)21-25(34(46)47)22-30(32)51-36)12-8-7-11-42-31-26(38-35(42)37-4)18-23(2)19-29(31)50-15-9-10-41-13-16-49-17-14-41;1-3-9-7(5-10)4-6(2)8;2-1-3/h7-8,18-22H,6,9-17H2,1-5H3,(H,37,38)(H,46,47);4-5H,3,8H2,1-2H3;1H,(H2,2,3)/b8-7+,39-36?;6-4-,9-7?;. The van der Waals surface area contributed by atoms with Gasteiger partial charge in [0.05, 0.1) is 54.1 Å². The predicted octanol–water partition coefficient (Wildman–Crippen LogP) is 4.34. The summed E-state index contributed by atoms with van der Waals surface area (Å²) in [5.41, 5.74) is 15.1. The van der Waals surface area contributed by atoms with Gasteiger partial charge in [-0.15, -0.1) is 0 Å². The Balaban J connectivity index is 0.000000604. The summed E-state index contributed by atoms with van der Waals surface area (Å²) in [7, 11) is 3.34. The third kappa shape index (κ3) is 13.4. The summed E-state index contributed by atoms with van der Waals surface area (Å²) in [6.07, 6.45) is 7.42. The molecular weight excluding hydrogens is 843 g/mol. The lowest BCUT2D eigenvalue weighted by Crippen LogP contribution is -2.37. The molecule has 20 heteroatoms. The van der Waals surface area contributed by atoms with Crippen molar-refractivity contribution in [3.63, 3.8) is 0 Å². The van der Waals surface area contributed by atoms with Gasteiger partial charge in [0.25, 0.3) is 5.91 Å². The number of aliphatic imine (C=N–C) groups is 1. The van der Waals surface area contributed by atoms with Crippen LogP contribution in [0.5, 0.6) is 11.5 Å². The maximum atomic E-state index is 13.5. The molecule has 6 rings (SSSR count). The monoisotopic (exact) mass is 901 g/mol. The molecular formula is C44H59N11O8S. The van der Waals surface area contributed by atoms with Crippen LogP contribution in [0.4, 0.5) is 5.95 Å². The number of amides is 2. The van der Waals surface area contributed by atoms with Crippen LogP contribution in [0.25, 0.3) is 21.3 Å². The number of carbonyl (C=O) groups excluding carboxylic acids is 3. The summed E-state index contributed by atoms with van der Waals surface area (Å²) in [6.45, 7) is 16.3. The van der Waals surface area contributed by atoms with Crippen LogP contribution in [0, 0.1) is 13.8 Å². The van der Waals surface area contributed by atoms with E-state index in [0.717, 1.165) is 67.3 Å². The number of ether oxygens (including phenoxy) is 3. The van der Waals surface area contributed by atoms with Crippen molar-refractivity contribution in [3.05, 3.63) is 81.6 Å². The molecule has 64 heavy (non-hydrogen) atoms. The molecule has 6 N–H and O–H groups in total. The van der Waals surface area contributed by atoms with Gasteiger partial charge in [-0.25, -0.2) is 9.78 Å². The Hall–Kier alpha value is -6.64. The lowest BCUT2D eigenvalue weighted by atomic mass is 10.2. The Labute approximate surface area is 375 Å². The Bertz CT molecular complexity index is 2560. The lowest BCUT2D eigenvalue weighted by Gasteiger charge is -2.26. The molecule has 1 aliphatic heterocycles. The summed E-state index contributed by atoms with van der Waals surface area (Å²) < 4.78 is 23.7. The molecule has 0 unspecified atom stereocenters. The Kier molecular flexibility index (Phi) is 19.4. The molecule has 0 saturated carbocycles. The molecule has 1 fully saturated rings. The molecule has 1 saturated heterocycles. The molecule has 2 aromatic carbocycles. The molecule has 344 valence electrons. The van der Waals surface area contributed by atoms with E-state index in [1.54, 1.807) is 29.8 Å². The Morgan fingerprint density at radius 3 is 2.34 bits per heavy atom. The number of hydrogen-bond donors (Lipinski definition) is 4. The second-order valence-corrected chi connectivity index (χ2v) is 15.3. The molecule has 0 radical (unpaired) electrons. The molecule has 1 aliphatic rings. The number of carboxylic acids is 1.